The maximum atomic E-state index is 12.8. The Kier molecular flexibility index (Phi) is 54.4. The number of unbranched alkanes of at least 4 members (excludes halogenated alkanes) is 29. The van der Waals surface area contributed by atoms with Crippen molar-refractivity contribution in [3.63, 3.8) is 0 Å². The zero-order chi connectivity index (χ0) is 47.7. The predicted octanol–water partition coefficient (Wildman–Crippen LogP) is 19.5. The molecule has 0 saturated heterocycles. The van der Waals surface area contributed by atoms with Crippen molar-refractivity contribution in [2.24, 2.45) is 0 Å². The first-order chi connectivity index (χ1) is 32.6. The van der Waals surface area contributed by atoms with Crippen LogP contribution in [0.15, 0.2) is 72.9 Å². The maximum absolute atomic E-state index is 12.8. The van der Waals surface area contributed by atoms with E-state index in [9.17, 15) is 9.59 Å². The average Bonchev–Trinajstić information content (AvgIpc) is 3.32. The van der Waals surface area contributed by atoms with E-state index in [1.807, 2.05) is 0 Å². The second-order valence-electron chi connectivity index (χ2n) is 18.8. The average molecular weight is 922 g/mol. The van der Waals surface area contributed by atoms with E-state index in [4.69, 9.17) is 14.2 Å². The Bertz CT molecular complexity index is 1180. The highest BCUT2D eigenvalue weighted by molar-refractivity contribution is 5.70. The minimum atomic E-state index is -0.578. The van der Waals surface area contributed by atoms with E-state index in [2.05, 4.69) is 93.7 Å². The number of ether oxygens (including phenoxy) is 3. The van der Waals surface area contributed by atoms with Crippen molar-refractivity contribution in [2.75, 3.05) is 19.8 Å². The van der Waals surface area contributed by atoms with E-state index < -0.39 is 6.10 Å². The molecule has 1 atom stereocenters. The van der Waals surface area contributed by atoms with Gasteiger partial charge in [0.05, 0.1) is 13.2 Å². The van der Waals surface area contributed by atoms with Gasteiger partial charge in [0, 0.05) is 12.8 Å². The molecule has 0 N–H and O–H groups in total. The van der Waals surface area contributed by atoms with Crippen LogP contribution in [-0.4, -0.2) is 37.9 Å². The van der Waals surface area contributed by atoms with Gasteiger partial charge in [-0.25, -0.2) is 0 Å². The molecule has 0 rings (SSSR count). The molecule has 0 spiro atoms. The van der Waals surface area contributed by atoms with Crippen LogP contribution >= 0.6 is 0 Å². The van der Waals surface area contributed by atoms with Crippen LogP contribution in [0.25, 0.3) is 0 Å². The first-order valence-electron chi connectivity index (χ1n) is 28.5. The molecule has 0 fully saturated rings. The number of carbonyl (C=O) groups excluding carboxylic acids is 2. The van der Waals surface area contributed by atoms with Crippen molar-refractivity contribution in [1.82, 2.24) is 0 Å². The van der Waals surface area contributed by atoms with Crippen LogP contribution in [0.1, 0.15) is 278 Å². The van der Waals surface area contributed by atoms with Gasteiger partial charge in [0.2, 0.25) is 0 Å². The zero-order valence-corrected chi connectivity index (χ0v) is 44.0. The highest BCUT2D eigenvalue weighted by atomic mass is 16.6. The molecular formula is C61H108O5. The first-order valence-corrected chi connectivity index (χ1v) is 28.5. The molecular weight excluding hydrogens is 813 g/mol. The Labute approximate surface area is 410 Å². The number of hydrogen-bond donors (Lipinski definition) is 0. The van der Waals surface area contributed by atoms with Gasteiger partial charge in [-0.3, -0.25) is 9.59 Å². The molecule has 0 aromatic heterocycles. The van der Waals surface area contributed by atoms with Gasteiger partial charge in [-0.15, -0.1) is 0 Å². The van der Waals surface area contributed by atoms with Crippen LogP contribution in [0.5, 0.6) is 0 Å². The van der Waals surface area contributed by atoms with Crippen LogP contribution in [0, 0.1) is 0 Å². The van der Waals surface area contributed by atoms with Gasteiger partial charge < -0.3 is 14.2 Å². The second-order valence-corrected chi connectivity index (χ2v) is 18.8. The lowest BCUT2D eigenvalue weighted by molar-refractivity contribution is -0.162. The largest absolute Gasteiger partial charge is 0.462 e. The molecule has 0 heterocycles. The Morgan fingerprint density at radius 1 is 0.348 bits per heavy atom. The summed E-state index contributed by atoms with van der Waals surface area (Å²) in [6, 6.07) is 0. The van der Waals surface area contributed by atoms with Gasteiger partial charge in [0.15, 0.2) is 6.10 Å². The lowest BCUT2D eigenvalue weighted by Gasteiger charge is -2.18. The molecule has 0 aromatic carbocycles. The summed E-state index contributed by atoms with van der Waals surface area (Å²) in [6.45, 7) is 7.54. The molecule has 382 valence electrons. The summed E-state index contributed by atoms with van der Waals surface area (Å²) in [5.41, 5.74) is 0. The number of rotatable bonds is 52. The highest BCUT2D eigenvalue weighted by Gasteiger charge is 2.17. The van der Waals surface area contributed by atoms with Crippen molar-refractivity contribution in [1.29, 1.82) is 0 Å². The van der Waals surface area contributed by atoms with Crippen molar-refractivity contribution in [3.8, 4) is 0 Å². The third-order valence-electron chi connectivity index (χ3n) is 12.2. The molecule has 0 aliphatic rings. The first kappa shape index (κ1) is 63.3. The van der Waals surface area contributed by atoms with Crippen molar-refractivity contribution < 1.29 is 23.8 Å². The van der Waals surface area contributed by atoms with Gasteiger partial charge in [-0.05, 0) is 77.0 Å². The number of allylic oxidation sites excluding steroid dienone is 11. The summed E-state index contributed by atoms with van der Waals surface area (Å²) in [4.78, 5) is 25.5. The van der Waals surface area contributed by atoms with E-state index in [1.54, 1.807) is 0 Å². The molecule has 0 aliphatic heterocycles. The summed E-state index contributed by atoms with van der Waals surface area (Å²) in [5.74, 6) is -0.432. The fraction of sp³-hybridized carbons (Fsp3) is 0.770. The monoisotopic (exact) mass is 921 g/mol. The van der Waals surface area contributed by atoms with Crippen molar-refractivity contribution >= 4 is 11.9 Å². The Morgan fingerprint density at radius 3 is 1.09 bits per heavy atom. The quantitative estimate of drug-likeness (QED) is 0.0346. The van der Waals surface area contributed by atoms with Crippen molar-refractivity contribution in [3.05, 3.63) is 72.9 Å². The third-order valence-corrected chi connectivity index (χ3v) is 12.2. The van der Waals surface area contributed by atoms with Crippen molar-refractivity contribution in [2.45, 2.75) is 284 Å². The fourth-order valence-corrected chi connectivity index (χ4v) is 8.04. The Balaban J connectivity index is 4.35. The van der Waals surface area contributed by atoms with Gasteiger partial charge >= 0.3 is 11.9 Å². The normalized spacial score (nSPS) is 12.7. The molecule has 0 saturated carbocycles. The van der Waals surface area contributed by atoms with Crippen LogP contribution < -0.4 is 0 Å². The fourth-order valence-electron chi connectivity index (χ4n) is 8.04. The summed E-state index contributed by atoms with van der Waals surface area (Å²) in [5, 5.41) is 0. The lowest BCUT2D eigenvalue weighted by atomic mass is 10.0. The lowest BCUT2D eigenvalue weighted by Crippen LogP contribution is -2.30. The third kappa shape index (κ3) is 54.0. The van der Waals surface area contributed by atoms with Gasteiger partial charge in [0.1, 0.15) is 6.61 Å². The number of carbonyl (C=O) groups is 2. The van der Waals surface area contributed by atoms with E-state index in [0.717, 1.165) is 70.6 Å². The SMILES string of the molecule is CC/C=C\C/C=C\C/C=C\C/C=C\C/C=C\CCOCC(COC(=O)CCCCCCCCC/C=C\CCCCCCCC)OC(=O)CCCCCCCCCCCCCCCCCCC. The van der Waals surface area contributed by atoms with Gasteiger partial charge in [-0.2, -0.15) is 0 Å². The summed E-state index contributed by atoms with van der Waals surface area (Å²) in [6.07, 6.45) is 73.7. The van der Waals surface area contributed by atoms with Crippen LogP contribution in [-0.2, 0) is 23.8 Å². The molecule has 0 amide bonds. The molecule has 0 radical (unpaired) electrons. The zero-order valence-electron chi connectivity index (χ0n) is 44.0. The highest BCUT2D eigenvalue weighted by Crippen LogP contribution is 2.16. The number of esters is 2. The van der Waals surface area contributed by atoms with Gasteiger partial charge in [0.25, 0.3) is 0 Å². The summed E-state index contributed by atoms with van der Waals surface area (Å²) < 4.78 is 17.4. The van der Waals surface area contributed by atoms with E-state index in [-0.39, 0.29) is 25.2 Å². The molecule has 0 bridgehead atoms. The molecule has 1 unspecified atom stereocenters. The van der Waals surface area contributed by atoms with E-state index in [0.29, 0.717) is 19.4 Å². The summed E-state index contributed by atoms with van der Waals surface area (Å²) >= 11 is 0. The second kappa shape index (κ2) is 56.7. The standard InChI is InChI=1S/C61H108O5/c1-4-7-10-13-16-19-22-25-28-31-33-36-39-42-45-48-51-54-60(62)65-58-59(57-64-56-53-50-47-44-41-38-35-30-27-24-21-18-15-12-9-6-3)66-61(63)55-52-49-46-43-40-37-34-32-29-26-23-20-17-14-11-8-5-2/h9,12,18,21,25,27-28,30,38,41,47,50,59H,4-8,10-11,13-17,19-20,22-24,26,29,31-37,39-40,42-46,48-49,51-58H2,1-3H3/b12-9-,21-18-,28-25-,30-27-,41-38-,50-47-. The Hall–Kier alpha value is -2.66. The maximum Gasteiger partial charge on any atom is 0.306 e. The smallest absolute Gasteiger partial charge is 0.306 e. The molecule has 5 heteroatoms. The van der Waals surface area contributed by atoms with Crippen LogP contribution in [0.2, 0.25) is 0 Å². The molecule has 0 aromatic rings. The minimum absolute atomic E-state index is 0.0543. The van der Waals surface area contributed by atoms with Gasteiger partial charge in [-0.1, -0.05) is 261 Å². The minimum Gasteiger partial charge on any atom is -0.462 e. The molecule has 0 aliphatic carbocycles. The molecule has 5 nitrogen and oxygen atoms in total. The Morgan fingerprint density at radius 2 is 0.682 bits per heavy atom. The number of hydrogen-bond acceptors (Lipinski definition) is 5. The van der Waals surface area contributed by atoms with Crippen LogP contribution in [0.3, 0.4) is 0 Å². The summed E-state index contributed by atoms with van der Waals surface area (Å²) in [7, 11) is 0. The topological polar surface area (TPSA) is 61.8 Å². The van der Waals surface area contributed by atoms with E-state index in [1.165, 1.54) is 173 Å². The van der Waals surface area contributed by atoms with Crippen LogP contribution in [0.4, 0.5) is 0 Å². The molecule has 66 heavy (non-hydrogen) atoms. The predicted molar refractivity (Wildman–Crippen MR) is 288 cm³/mol. The van der Waals surface area contributed by atoms with E-state index >= 15 is 0 Å².